The summed E-state index contributed by atoms with van der Waals surface area (Å²) in [5.41, 5.74) is 0.767. The number of hydrogen-bond acceptors (Lipinski definition) is 3. The van der Waals surface area contributed by atoms with Crippen molar-refractivity contribution in [1.29, 1.82) is 0 Å². The van der Waals surface area contributed by atoms with Crippen molar-refractivity contribution in [1.82, 2.24) is 10.0 Å². The van der Waals surface area contributed by atoms with Crippen LogP contribution in [0.1, 0.15) is 25.3 Å². The van der Waals surface area contributed by atoms with Gasteiger partial charge in [0.25, 0.3) is 0 Å². The van der Waals surface area contributed by atoms with Gasteiger partial charge < -0.3 is 5.32 Å². The maximum absolute atomic E-state index is 12.4. The number of benzene rings is 1. The van der Waals surface area contributed by atoms with Crippen molar-refractivity contribution in [2.45, 2.75) is 43.7 Å². The molecule has 0 bridgehead atoms. The zero-order valence-electron chi connectivity index (χ0n) is 11.1. The van der Waals surface area contributed by atoms with Crippen LogP contribution in [0.2, 0.25) is 5.02 Å². The van der Waals surface area contributed by atoms with Gasteiger partial charge in [-0.15, -0.1) is 0 Å². The summed E-state index contributed by atoms with van der Waals surface area (Å²) in [7, 11) is -3.55. The Bertz CT molecular complexity index is 560. The highest BCUT2D eigenvalue weighted by Crippen LogP contribution is 2.25. The van der Waals surface area contributed by atoms with Crippen LogP contribution in [0.15, 0.2) is 23.1 Å². The number of nitrogens with one attached hydrogen (secondary N) is 2. The van der Waals surface area contributed by atoms with E-state index in [4.69, 9.17) is 11.6 Å². The molecule has 6 heteroatoms. The summed E-state index contributed by atoms with van der Waals surface area (Å²) in [5.74, 6) is 0. The van der Waals surface area contributed by atoms with Gasteiger partial charge in [-0.25, -0.2) is 13.1 Å². The largest absolute Gasteiger partial charge is 0.314 e. The predicted octanol–water partition coefficient (Wildman–Crippen LogP) is 2.07. The highest BCUT2D eigenvalue weighted by Gasteiger charge is 2.26. The number of rotatable bonds is 3. The lowest BCUT2D eigenvalue weighted by molar-refractivity contribution is 0.361. The Kier molecular flexibility index (Phi) is 4.50. The zero-order chi connectivity index (χ0) is 14.0. The molecule has 0 radical (unpaired) electrons. The Morgan fingerprint density at radius 3 is 2.84 bits per heavy atom. The van der Waals surface area contributed by atoms with E-state index in [1.807, 2.05) is 0 Å². The molecule has 0 aliphatic carbocycles. The van der Waals surface area contributed by atoms with Crippen LogP contribution in [-0.4, -0.2) is 27.0 Å². The molecule has 1 aliphatic heterocycles. The second-order valence-electron chi connectivity index (χ2n) is 5.08. The van der Waals surface area contributed by atoms with E-state index >= 15 is 0 Å². The first kappa shape index (κ1) is 14.8. The lowest BCUT2D eigenvalue weighted by Gasteiger charge is -2.28. The minimum atomic E-state index is -3.55. The second-order valence-corrected chi connectivity index (χ2v) is 7.15. The van der Waals surface area contributed by atoms with Crippen molar-refractivity contribution in [3.8, 4) is 0 Å². The van der Waals surface area contributed by atoms with Crippen LogP contribution >= 0.6 is 11.6 Å². The van der Waals surface area contributed by atoms with Crippen molar-refractivity contribution in [3.05, 3.63) is 28.8 Å². The monoisotopic (exact) mass is 302 g/mol. The molecule has 2 atom stereocenters. The number of halogens is 1. The van der Waals surface area contributed by atoms with Gasteiger partial charge in [0.05, 0.1) is 5.02 Å². The van der Waals surface area contributed by atoms with Crippen LogP contribution < -0.4 is 10.0 Å². The number of hydrogen-bond donors (Lipinski definition) is 2. The van der Waals surface area contributed by atoms with Gasteiger partial charge in [-0.3, -0.25) is 0 Å². The molecule has 0 aromatic heterocycles. The summed E-state index contributed by atoms with van der Waals surface area (Å²) in [6.45, 7) is 4.68. The first-order valence-electron chi connectivity index (χ1n) is 6.41. The quantitative estimate of drug-likeness (QED) is 0.898. The van der Waals surface area contributed by atoms with Crippen LogP contribution in [0.3, 0.4) is 0 Å². The van der Waals surface area contributed by atoms with E-state index in [9.17, 15) is 8.42 Å². The Morgan fingerprint density at radius 1 is 1.42 bits per heavy atom. The maximum Gasteiger partial charge on any atom is 0.242 e. The standard InChI is InChI=1S/C13H19ClN2O2S/c1-9-4-3-5-12(13(9)14)19(17,18)16-11-6-7-15-10(2)8-11/h3-5,10-11,15-16H,6-8H2,1-2H3. The van der Waals surface area contributed by atoms with Gasteiger partial charge in [0.1, 0.15) is 4.90 Å². The third-order valence-electron chi connectivity index (χ3n) is 3.39. The van der Waals surface area contributed by atoms with Gasteiger partial charge in [0.2, 0.25) is 10.0 Å². The minimum absolute atomic E-state index is 0.0298. The molecule has 2 unspecified atom stereocenters. The van der Waals surface area contributed by atoms with Crippen LogP contribution in [-0.2, 0) is 10.0 Å². The highest BCUT2D eigenvalue weighted by molar-refractivity contribution is 7.89. The molecule has 19 heavy (non-hydrogen) atoms. The first-order valence-corrected chi connectivity index (χ1v) is 8.27. The molecule has 1 saturated heterocycles. The van der Waals surface area contributed by atoms with Crippen molar-refractivity contribution >= 4 is 21.6 Å². The average Bonchev–Trinajstić information content (AvgIpc) is 2.32. The van der Waals surface area contributed by atoms with Crippen LogP contribution in [0, 0.1) is 6.92 Å². The summed E-state index contributed by atoms with van der Waals surface area (Å²) in [4.78, 5) is 0.167. The molecule has 0 spiro atoms. The van der Waals surface area contributed by atoms with E-state index in [1.54, 1.807) is 25.1 Å². The fourth-order valence-electron chi connectivity index (χ4n) is 2.35. The minimum Gasteiger partial charge on any atom is -0.314 e. The van der Waals surface area contributed by atoms with Crippen LogP contribution in [0.5, 0.6) is 0 Å². The molecule has 2 N–H and O–H groups in total. The Labute approximate surface area is 119 Å². The highest BCUT2D eigenvalue weighted by atomic mass is 35.5. The molecule has 4 nitrogen and oxygen atoms in total. The Morgan fingerprint density at radius 2 is 2.16 bits per heavy atom. The Balaban J connectivity index is 2.20. The molecule has 1 aliphatic rings. The summed E-state index contributed by atoms with van der Waals surface area (Å²) in [5, 5.41) is 3.60. The number of piperidine rings is 1. The molecule has 106 valence electrons. The molecule has 1 heterocycles. The number of aryl methyl sites for hydroxylation is 1. The lowest BCUT2D eigenvalue weighted by atomic mass is 10.0. The molecule has 1 aromatic rings. The Hall–Kier alpha value is -0.620. The van der Waals surface area contributed by atoms with Crippen molar-refractivity contribution in [2.75, 3.05) is 6.54 Å². The van der Waals surface area contributed by atoms with E-state index in [2.05, 4.69) is 17.0 Å². The first-order chi connectivity index (χ1) is 8.90. The third-order valence-corrected chi connectivity index (χ3v) is 5.57. The van der Waals surface area contributed by atoms with Crippen molar-refractivity contribution in [3.63, 3.8) is 0 Å². The topological polar surface area (TPSA) is 58.2 Å². The SMILES string of the molecule is Cc1cccc(S(=O)(=O)NC2CCNC(C)C2)c1Cl. The van der Waals surface area contributed by atoms with E-state index < -0.39 is 10.0 Å². The summed E-state index contributed by atoms with van der Waals surface area (Å²) >= 11 is 6.09. The van der Waals surface area contributed by atoms with Gasteiger partial charge in [0.15, 0.2) is 0 Å². The number of sulfonamides is 1. The maximum atomic E-state index is 12.4. The van der Waals surface area contributed by atoms with Gasteiger partial charge in [0, 0.05) is 12.1 Å². The van der Waals surface area contributed by atoms with E-state index in [0.717, 1.165) is 24.9 Å². The normalized spacial score (nSPS) is 24.4. The fourth-order valence-corrected chi connectivity index (χ4v) is 4.22. The third kappa shape index (κ3) is 3.48. The van der Waals surface area contributed by atoms with E-state index in [1.165, 1.54) is 0 Å². The summed E-state index contributed by atoms with van der Waals surface area (Å²) in [6, 6.07) is 5.35. The van der Waals surface area contributed by atoms with Crippen molar-refractivity contribution < 1.29 is 8.42 Å². The van der Waals surface area contributed by atoms with Gasteiger partial charge in [-0.2, -0.15) is 0 Å². The van der Waals surface area contributed by atoms with E-state index in [0.29, 0.717) is 11.1 Å². The van der Waals surface area contributed by atoms with Gasteiger partial charge in [-0.05, 0) is 44.9 Å². The van der Waals surface area contributed by atoms with Crippen LogP contribution in [0.25, 0.3) is 0 Å². The predicted molar refractivity (Wildman–Crippen MR) is 77.0 cm³/mol. The van der Waals surface area contributed by atoms with Crippen molar-refractivity contribution in [2.24, 2.45) is 0 Å². The molecular formula is C13H19ClN2O2S. The molecular weight excluding hydrogens is 284 g/mol. The van der Waals surface area contributed by atoms with Gasteiger partial charge >= 0.3 is 0 Å². The fraction of sp³-hybridized carbons (Fsp3) is 0.538. The van der Waals surface area contributed by atoms with Gasteiger partial charge in [-0.1, -0.05) is 23.7 Å². The second kappa shape index (κ2) is 5.79. The smallest absolute Gasteiger partial charge is 0.242 e. The lowest BCUT2D eigenvalue weighted by Crippen LogP contribution is -2.46. The summed E-state index contributed by atoms with van der Waals surface area (Å²) < 4.78 is 27.5. The molecule has 2 rings (SSSR count). The van der Waals surface area contributed by atoms with Crippen LogP contribution in [0.4, 0.5) is 0 Å². The van der Waals surface area contributed by atoms with E-state index in [-0.39, 0.29) is 10.9 Å². The molecule has 1 fully saturated rings. The average molecular weight is 303 g/mol. The molecule has 1 aromatic carbocycles. The molecule has 0 saturated carbocycles. The summed E-state index contributed by atoms with van der Waals surface area (Å²) in [6.07, 6.45) is 1.59. The molecule has 0 amide bonds. The zero-order valence-corrected chi connectivity index (χ0v) is 12.7.